The molecule has 0 aromatic carbocycles. The number of carbonyl (C=O) groups is 4. The first-order valence-electron chi connectivity index (χ1n) is 9.80. The van der Waals surface area contributed by atoms with Crippen LogP contribution in [0, 0.1) is 0 Å². The van der Waals surface area contributed by atoms with Crippen molar-refractivity contribution in [3.63, 3.8) is 0 Å². The molecule has 2 aromatic rings. The highest BCUT2D eigenvalue weighted by molar-refractivity contribution is 7.80. The van der Waals surface area contributed by atoms with Crippen LogP contribution in [0.5, 0.6) is 0 Å². The lowest BCUT2D eigenvalue weighted by Crippen LogP contribution is -2.58. The zero-order valence-electron chi connectivity index (χ0n) is 17.4. The van der Waals surface area contributed by atoms with E-state index in [4.69, 9.17) is 5.73 Å². The van der Waals surface area contributed by atoms with Crippen LogP contribution < -0.4 is 21.7 Å². The number of nitrogens with zero attached hydrogens (tertiary/aromatic N) is 2. The molecule has 0 aliphatic heterocycles. The van der Waals surface area contributed by atoms with E-state index in [1.165, 1.54) is 25.0 Å². The molecule has 2 rings (SSSR count). The fourth-order valence-electron chi connectivity index (χ4n) is 2.74. The number of carboxylic acid groups (broad SMARTS) is 1. The monoisotopic (exact) mass is 498 g/mol. The van der Waals surface area contributed by atoms with Gasteiger partial charge in [-0.1, -0.05) is 0 Å². The van der Waals surface area contributed by atoms with Crippen LogP contribution in [0.15, 0.2) is 25.0 Å². The van der Waals surface area contributed by atoms with Crippen molar-refractivity contribution in [3.05, 3.63) is 36.4 Å². The van der Waals surface area contributed by atoms with Gasteiger partial charge in [0.2, 0.25) is 17.7 Å². The lowest BCUT2D eigenvalue weighted by molar-refractivity contribution is -0.142. The van der Waals surface area contributed by atoms with Gasteiger partial charge in [0.15, 0.2) is 0 Å². The standard InChI is InChI=1S/C18H26N8O5S2/c19-11(5-32)15(27)26-14(6-33)17(29)24-12(1-9-3-20-7-22-9)16(28)25-13(18(30)31)2-10-4-21-8-23-10/h3-4,7-8,11-14,32-33H,1-2,5-6,19H2,(H,20,22)(H,21,23)(H,24,29)(H,25,28)(H,26,27)(H,30,31)/t11-,12-,13-,14-/m0/s1. The molecule has 2 heterocycles. The van der Waals surface area contributed by atoms with E-state index >= 15 is 0 Å². The molecule has 0 radical (unpaired) electrons. The first-order chi connectivity index (χ1) is 15.7. The first-order valence-corrected chi connectivity index (χ1v) is 11.1. The number of carbonyl (C=O) groups excluding carboxylic acids is 3. The second-order valence-electron chi connectivity index (χ2n) is 7.06. The van der Waals surface area contributed by atoms with E-state index in [-0.39, 0.29) is 24.3 Å². The third kappa shape index (κ3) is 8.11. The number of amides is 3. The summed E-state index contributed by atoms with van der Waals surface area (Å²) in [5, 5.41) is 16.9. The number of aromatic amines is 2. The van der Waals surface area contributed by atoms with E-state index in [0.717, 1.165) is 0 Å². The molecular weight excluding hydrogens is 472 g/mol. The molecule has 2 aromatic heterocycles. The molecule has 13 nitrogen and oxygen atoms in total. The Morgan fingerprint density at radius 2 is 1.33 bits per heavy atom. The van der Waals surface area contributed by atoms with Crippen molar-refractivity contribution >= 4 is 48.9 Å². The zero-order chi connectivity index (χ0) is 24.4. The number of rotatable bonds is 13. The SMILES string of the molecule is N[C@@H](CS)C(=O)N[C@@H](CS)C(=O)N[C@@H](Cc1cnc[nH]1)C(=O)N[C@@H](Cc1cnc[nH]1)C(=O)O. The van der Waals surface area contributed by atoms with Gasteiger partial charge in [-0.2, -0.15) is 25.3 Å². The predicted octanol–water partition coefficient (Wildman–Crippen LogP) is -2.36. The van der Waals surface area contributed by atoms with Crippen molar-refractivity contribution in [2.45, 2.75) is 37.0 Å². The Bertz CT molecular complexity index is 924. The first kappa shape index (κ1) is 26.2. The largest absolute Gasteiger partial charge is 0.480 e. The summed E-state index contributed by atoms with van der Waals surface area (Å²) in [5.74, 6) is -3.27. The molecule has 8 N–H and O–H groups in total. The number of thiol groups is 2. The lowest BCUT2D eigenvalue weighted by Gasteiger charge is -2.24. The topological polar surface area (TPSA) is 208 Å². The van der Waals surface area contributed by atoms with Crippen LogP contribution in [0.3, 0.4) is 0 Å². The van der Waals surface area contributed by atoms with Crippen LogP contribution in [0.25, 0.3) is 0 Å². The van der Waals surface area contributed by atoms with Crippen LogP contribution in [-0.2, 0) is 32.0 Å². The fraction of sp³-hybridized carbons (Fsp3) is 0.444. The summed E-state index contributed by atoms with van der Waals surface area (Å²) in [7, 11) is 0. The Hall–Kier alpha value is -3.04. The summed E-state index contributed by atoms with van der Waals surface area (Å²) in [6, 6.07) is -4.44. The van der Waals surface area contributed by atoms with Crippen molar-refractivity contribution < 1.29 is 24.3 Å². The van der Waals surface area contributed by atoms with Gasteiger partial charge in [-0.25, -0.2) is 14.8 Å². The van der Waals surface area contributed by atoms with Gasteiger partial charge in [0.05, 0.1) is 18.7 Å². The van der Waals surface area contributed by atoms with Gasteiger partial charge in [-0.05, 0) is 0 Å². The number of nitrogens with two attached hydrogens (primary N) is 1. The Morgan fingerprint density at radius 1 is 0.848 bits per heavy atom. The second kappa shape index (κ2) is 12.9. The number of nitrogens with one attached hydrogen (secondary N) is 5. The average Bonchev–Trinajstić information content (AvgIpc) is 3.49. The third-order valence-corrected chi connectivity index (χ3v) is 5.31. The van der Waals surface area contributed by atoms with E-state index in [2.05, 4.69) is 61.1 Å². The van der Waals surface area contributed by atoms with E-state index < -0.39 is 47.9 Å². The van der Waals surface area contributed by atoms with Gasteiger partial charge in [-0.3, -0.25) is 14.4 Å². The molecule has 180 valence electrons. The highest BCUT2D eigenvalue weighted by Crippen LogP contribution is 2.04. The minimum Gasteiger partial charge on any atom is -0.480 e. The maximum absolute atomic E-state index is 13.0. The fourth-order valence-corrected chi connectivity index (χ4v) is 3.17. The number of imidazole rings is 2. The van der Waals surface area contributed by atoms with Crippen molar-refractivity contribution in [3.8, 4) is 0 Å². The number of aliphatic carboxylic acids is 1. The zero-order valence-corrected chi connectivity index (χ0v) is 19.2. The second-order valence-corrected chi connectivity index (χ2v) is 7.79. The van der Waals surface area contributed by atoms with Crippen LogP contribution in [-0.4, -0.2) is 84.4 Å². The van der Waals surface area contributed by atoms with Crippen molar-refractivity contribution in [1.82, 2.24) is 35.9 Å². The van der Waals surface area contributed by atoms with Crippen LogP contribution in [0.4, 0.5) is 0 Å². The average molecular weight is 499 g/mol. The van der Waals surface area contributed by atoms with Crippen molar-refractivity contribution in [2.24, 2.45) is 5.73 Å². The number of hydrogen-bond acceptors (Lipinski definition) is 9. The Balaban J connectivity index is 2.13. The quantitative estimate of drug-likeness (QED) is 0.136. The minimum absolute atomic E-state index is 0.00262. The molecule has 0 fully saturated rings. The summed E-state index contributed by atoms with van der Waals surface area (Å²) in [4.78, 5) is 62.7. The van der Waals surface area contributed by atoms with Crippen LogP contribution >= 0.6 is 25.3 Å². The third-order valence-electron chi connectivity index (χ3n) is 4.55. The smallest absolute Gasteiger partial charge is 0.326 e. The molecule has 0 unspecified atom stereocenters. The summed E-state index contributed by atoms with van der Waals surface area (Å²) < 4.78 is 0. The van der Waals surface area contributed by atoms with Crippen molar-refractivity contribution in [2.75, 3.05) is 11.5 Å². The van der Waals surface area contributed by atoms with Gasteiger partial charge in [-0.15, -0.1) is 0 Å². The van der Waals surface area contributed by atoms with Crippen molar-refractivity contribution in [1.29, 1.82) is 0 Å². The van der Waals surface area contributed by atoms with E-state index in [1.807, 2.05) is 0 Å². The summed E-state index contributed by atoms with van der Waals surface area (Å²) in [6.07, 6.45) is 5.67. The Labute approximate surface area is 199 Å². The number of hydrogen-bond donors (Lipinski definition) is 9. The van der Waals surface area contributed by atoms with Gasteiger partial charge >= 0.3 is 5.97 Å². The highest BCUT2D eigenvalue weighted by Gasteiger charge is 2.30. The summed E-state index contributed by atoms with van der Waals surface area (Å²) >= 11 is 8.03. The molecule has 0 aliphatic rings. The molecule has 33 heavy (non-hydrogen) atoms. The lowest BCUT2D eigenvalue weighted by atomic mass is 10.1. The molecule has 0 saturated heterocycles. The van der Waals surface area contributed by atoms with Crippen LogP contribution in [0.1, 0.15) is 11.4 Å². The van der Waals surface area contributed by atoms with Gasteiger partial charge in [0.1, 0.15) is 18.1 Å². The van der Waals surface area contributed by atoms with E-state index in [9.17, 15) is 24.3 Å². The van der Waals surface area contributed by atoms with E-state index in [0.29, 0.717) is 11.4 Å². The van der Waals surface area contributed by atoms with Gasteiger partial charge in [0.25, 0.3) is 0 Å². The number of aromatic nitrogens is 4. The molecule has 0 spiro atoms. The molecular formula is C18H26N8O5S2. The molecule has 0 saturated carbocycles. The maximum atomic E-state index is 13.0. The number of H-pyrrole nitrogens is 2. The predicted molar refractivity (Wildman–Crippen MR) is 124 cm³/mol. The Kier molecular flexibility index (Phi) is 10.2. The molecule has 15 heteroatoms. The van der Waals surface area contributed by atoms with Gasteiger partial charge in [0, 0.05) is 48.1 Å². The molecule has 3 amide bonds. The van der Waals surface area contributed by atoms with E-state index in [1.54, 1.807) is 0 Å². The van der Waals surface area contributed by atoms with Gasteiger partial charge < -0.3 is 36.8 Å². The molecule has 0 aliphatic carbocycles. The summed E-state index contributed by atoms with van der Waals surface area (Å²) in [6.45, 7) is 0. The molecule has 4 atom stereocenters. The highest BCUT2D eigenvalue weighted by atomic mass is 32.1. The normalized spacial score (nSPS) is 14.5. The maximum Gasteiger partial charge on any atom is 0.326 e. The number of carboxylic acids is 1. The molecule has 0 bridgehead atoms. The summed E-state index contributed by atoms with van der Waals surface area (Å²) in [5.41, 5.74) is 6.65. The van der Waals surface area contributed by atoms with Crippen LogP contribution in [0.2, 0.25) is 0 Å². The minimum atomic E-state index is -1.27. The Morgan fingerprint density at radius 3 is 1.79 bits per heavy atom.